The lowest BCUT2D eigenvalue weighted by atomic mass is 10.2. The summed E-state index contributed by atoms with van der Waals surface area (Å²) in [5.74, 6) is 0. The Bertz CT molecular complexity index is 176. The Balaban J connectivity index is 0. The molecule has 1 rings (SSSR count). The SMILES string of the molecule is CC.CC.Cc1c(C)c(C)n(C)c1C. The van der Waals surface area contributed by atoms with E-state index in [-0.39, 0.29) is 0 Å². The van der Waals surface area contributed by atoms with E-state index in [2.05, 4.69) is 39.3 Å². The van der Waals surface area contributed by atoms with E-state index in [1.54, 1.807) is 0 Å². The van der Waals surface area contributed by atoms with Crippen LogP contribution in [0.5, 0.6) is 0 Å². The molecule has 0 aromatic carbocycles. The summed E-state index contributed by atoms with van der Waals surface area (Å²) < 4.78 is 2.24. The number of hydrogen-bond acceptors (Lipinski definition) is 0. The Kier molecular flexibility index (Phi) is 8.61. The van der Waals surface area contributed by atoms with Gasteiger partial charge in [-0.15, -0.1) is 0 Å². The molecule has 0 bridgehead atoms. The normalized spacial score (nSPS) is 8.36. The smallest absolute Gasteiger partial charge is 0.0175 e. The van der Waals surface area contributed by atoms with Crippen molar-refractivity contribution in [2.45, 2.75) is 55.4 Å². The van der Waals surface area contributed by atoms with Crippen molar-refractivity contribution in [3.05, 3.63) is 22.5 Å². The van der Waals surface area contributed by atoms with Crippen molar-refractivity contribution in [3.63, 3.8) is 0 Å². The molecule has 14 heavy (non-hydrogen) atoms. The second-order valence-corrected chi connectivity index (χ2v) is 2.98. The van der Waals surface area contributed by atoms with Gasteiger partial charge in [-0.1, -0.05) is 27.7 Å². The van der Waals surface area contributed by atoms with Gasteiger partial charge in [-0.05, 0) is 38.8 Å². The number of rotatable bonds is 0. The summed E-state index contributed by atoms with van der Waals surface area (Å²) >= 11 is 0. The Labute approximate surface area is 90.1 Å². The van der Waals surface area contributed by atoms with E-state index < -0.39 is 0 Å². The Morgan fingerprint density at radius 1 is 0.643 bits per heavy atom. The lowest BCUT2D eigenvalue weighted by Crippen LogP contribution is -1.92. The van der Waals surface area contributed by atoms with Crippen molar-refractivity contribution in [3.8, 4) is 0 Å². The van der Waals surface area contributed by atoms with Gasteiger partial charge in [-0.3, -0.25) is 0 Å². The van der Waals surface area contributed by atoms with Crippen LogP contribution in [-0.4, -0.2) is 4.57 Å². The van der Waals surface area contributed by atoms with Crippen LogP contribution in [0, 0.1) is 27.7 Å². The summed E-state index contributed by atoms with van der Waals surface area (Å²) in [7, 11) is 2.12. The van der Waals surface area contributed by atoms with Crippen molar-refractivity contribution < 1.29 is 0 Å². The van der Waals surface area contributed by atoms with E-state index >= 15 is 0 Å². The van der Waals surface area contributed by atoms with Gasteiger partial charge in [0.1, 0.15) is 0 Å². The maximum Gasteiger partial charge on any atom is 0.0175 e. The van der Waals surface area contributed by atoms with Crippen LogP contribution in [-0.2, 0) is 7.05 Å². The van der Waals surface area contributed by atoms with Crippen molar-refractivity contribution in [2.75, 3.05) is 0 Å². The van der Waals surface area contributed by atoms with Crippen LogP contribution < -0.4 is 0 Å². The summed E-state index contributed by atoms with van der Waals surface area (Å²) in [6.07, 6.45) is 0. The first kappa shape index (κ1) is 15.7. The summed E-state index contributed by atoms with van der Waals surface area (Å²) in [4.78, 5) is 0. The molecule has 1 heterocycles. The van der Waals surface area contributed by atoms with Crippen LogP contribution in [0.1, 0.15) is 50.2 Å². The molecule has 0 N–H and O–H groups in total. The minimum atomic E-state index is 1.38. The standard InChI is InChI=1S/C9H15N.2C2H6/c1-6-7(2)9(4)10(5)8(6)3;2*1-2/h1-5H3;2*1-2H3. The van der Waals surface area contributed by atoms with E-state index in [9.17, 15) is 0 Å². The molecule has 1 aromatic rings. The van der Waals surface area contributed by atoms with Crippen molar-refractivity contribution in [1.82, 2.24) is 4.57 Å². The predicted octanol–water partition coefficient (Wildman–Crippen LogP) is 4.31. The first-order chi connectivity index (χ1) is 6.55. The summed E-state index contributed by atoms with van der Waals surface area (Å²) in [6, 6.07) is 0. The van der Waals surface area contributed by atoms with Gasteiger partial charge in [0.25, 0.3) is 0 Å². The van der Waals surface area contributed by atoms with Crippen LogP contribution >= 0.6 is 0 Å². The monoisotopic (exact) mass is 197 g/mol. The molecule has 1 nitrogen and oxygen atoms in total. The van der Waals surface area contributed by atoms with Crippen molar-refractivity contribution in [1.29, 1.82) is 0 Å². The van der Waals surface area contributed by atoms with Gasteiger partial charge in [0.05, 0.1) is 0 Å². The minimum absolute atomic E-state index is 1.38. The van der Waals surface area contributed by atoms with Gasteiger partial charge in [0.15, 0.2) is 0 Å². The molecule has 0 fully saturated rings. The highest BCUT2D eigenvalue weighted by molar-refractivity contribution is 5.34. The summed E-state index contributed by atoms with van der Waals surface area (Å²) in [5.41, 5.74) is 5.63. The predicted molar refractivity (Wildman–Crippen MR) is 67.1 cm³/mol. The topological polar surface area (TPSA) is 4.93 Å². The lowest BCUT2D eigenvalue weighted by molar-refractivity contribution is 0.838. The van der Waals surface area contributed by atoms with Gasteiger partial charge < -0.3 is 4.57 Å². The third-order valence-electron chi connectivity index (χ3n) is 2.65. The zero-order chi connectivity index (χ0) is 11.9. The van der Waals surface area contributed by atoms with Crippen LogP contribution in [0.3, 0.4) is 0 Å². The zero-order valence-corrected chi connectivity index (χ0v) is 11.4. The first-order valence-electron chi connectivity index (χ1n) is 5.64. The van der Waals surface area contributed by atoms with E-state index in [1.165, 1.54) is 22.5 Å². The second-order valence-electron chi connectivity index (χ2n) is 2.98. The highest BCUT2D eigenvalue weighted by atomic mass is 15.0. The Morgan fingerprint density at radius 3 is 0.929 bits per heavy atom. The molecule has 0 saturated carbocycles. The van der Waals surface area contributed by atoms with Crippen LogP contribution in [0.25, 0.3) is 0 Å². The molecule has 0 atom stereocenters. The van der Waals surface area contributed by atoms with E-state index in [1.807, 2.05) is 27.7 Å². The second kappa shape index (κ2) is 7.66. The average Bonchev–Trinajstić information content (AvgIpc) is 2.42. The van der Waals surface area contributed by atoms with Gasteiger partial charge in [0, 0.05) is 18.4 Å². The molecule has 0 aliphatic heterocycles. The molecule has 84 valence electrons. The summed E-state index contributed by atoms with van der Waals surface area (Å²) in [6.45, 7) is 16.7. The van der Waals surface area contributed by atoms with Crippen molar-refractivity contribution in [2.24, 2.45) is 7.05 Å². The van der Waals surface area contributed by atoms with Crippen molar-refractivity contribution >= 4 is 0 Å². The van der Waals surface area contributed by atoms with E-state index in [0.29, 0.717) is 0 Å². The highest BCUT2D eigenvalue weighted by Gasteiger charge is 2.06. The molecule has 0 aliphatic rings. The van der Waals surface area contributed by atoms with Gasteiger partial charge in [0.2, 0.25) is 0 Å². The molecule has 0 radical (unpaired) electrons. The van der Waals surface area contributed by atoms with Gasteiger partial charge in [-0.25, -0.2) is 0 Å². The number of hydrogen-bond donors (Lipinski definition) is 0. The van der Waals surface area contributed by atoms with Gasteiger partial charge >= 0.3 is 0 Å². The summed E-state index contributed by atoms with van der Waals surface area (Å²) in [5, 5.41) is 0. The third-order valence-corrected chi connectivity index (χ3v) is 2.65. The molecule has 0 spiro atoms. The lowest BCUT2D eigenvalue weighted by Gasteiger charge is -1.98. The fourth-order valence-electron chi connectivity index (χ4n) is 1.30. The first-order valence-corrected chi connectivity index (χ1v) is 5.64. The fraction of sp³-hybridized carbons (Fsp3) is 0.692. The number of aromatic nitrogens is 1. The van der Waals surface area contributed by atoms with E-state index in [0.717, 1.165) is 0 Å². The van der Waals surface area contributed by atoms with Crippen LogP contribution in [0.15, 0.2) is 0 Å². The molecule has 0 aliphatic carbocycles. The van der Waals surface area contributed by atoms with Crippen LogP contribution in [0.4, 0.5) is 0 Å². The molecule has 0 unspecified atom stereocenters. The molecule has 0 amide bonds. The van der Waals surface area contributed by atoms with E-state index in [4.69, 9.17) is 0 Å². The van der Waals surface area contributed by atoms with Crippen LogP contribution in [0.2, 0.25) is 0 Å². The number of nitrogens with zero attached hydrogens (tertiary/aromatic N) is 1. The molecular formula is C13H27N. The third kappa shape index (κ3) is 3.21. The van der Waals surface area contributed by atoms with Gasteiger partial charge in [-0.2, -0.15) is 0 Å². The molecule has 1 heteroatoms. The fourth-order valence-corrected chi connectivity index (χ4v) is 1.30. The maximum absolute atomic E-state index is 2.24. The average molecular weight is 197 g/mol. The quantitative estimate of drug-likeness (QED) is 0.584. The Morgan fingerprint density at radius 2 is 0.857 bits per heavy atom. The highest BCUT2D eigenvalue weighted by Crippen LogP contribution is 2.17. The molecular weight excluding hydrogens is 170 g/mol. The molecule has 1 aromatic heterocycles. The largest absolute Gasteiger partial charge is 0.352 e. The minimum Gasteiger partial charge on any atom is -0.352 e. The Hall–Kier alpha value is -0.720. The maximum atomic E-state index is 2.24. The molecule has 0 saturated heterocycles. The zero-order valence-electron chi connectivity index (χ0n) is 11.4.